The monoisotopic (exact) mass is 305 g/mol. The van der Waals surface area contributed by atoms with Gasteiger partial charge in [0.25, 0.3) is 0 Å². The molecule has 0 spiro atoms. The third kappa shape index (κ3) is 3.17. The van der Waals surface area contributed by atoms with E-state index in [0.717, 1.165) is 0 Å². The molecule has 0 aromatic heterocycles. The molecule has 0 saturated carbocycles. The summed E-state index contributed by atoms with van der Waals surface area (Å²) in [6, 6.07) is 28.3. The van der Waals surface area contributed by atoms with Gasteiger partial charge >= 0.3 is 0 Å². The molecule has 0 nitrogen and oxygen atoms in total. The van der Waals surface area contributed by atoms with Crippen LogP contribution in [0.15, 0.2) is 84.9 Å². The molecule has 0 fully saturated rings. The van der Waals surface area contributed by atoms with E-state index < -0.39 is 8.80 Å². The maximum atomic E-state index is 13.2. The van der Waals surface area contributed by atoms with E-state index in [4.69, 9.17) is 0 Å². The molecule has 3 aromatic rings. The summed E-state index contributed by atoms with van der Waals surface area (Å²) < 4.78 is 13.2. The molecule has 0 N–H and O–H groups in total. The van der Waals surface area contributed by atoms with E-state index in [1.807, 2.05) is 12.1 Å². The van der Waals surface area contributed by atoms with Gasteiger partial charge in [0.05, 0.1) is 0 Å². The van der Waals surface area contributed by atoms with Crippen LogP contribution < -0.4 is 10.4 Å². The van der Waals surface area contributed by atoms with Gasteiger partial charge in [-0.3, -0.25) is 0 Å². The minimum absolute atomic E-state index is 0.177. The number of rotatable bonds is 4. The van der Waals surface area contributed by atoms with Gasteiger partial charge in [-0.25, -0.2) is 4.39 Å². The molecule has 109 valence electrons. The van der Waals surface area contributed by atoms with E-state index in [-0.39, 0.29) is 5.82 Å². The third-order valence-corrected chi connectivity index (χ3v) is 7.08. The lowest BCUT2D eigenvalue weighted by molar-refractivity contribution is 0.627. The minimum Gasteiger partial charge on any atom is -0.207 e. The maximum absolute atomic E-state index is 13.2. The zero-order valence-corrected chi connectivity index (χ0v) is 13.5. The number of benzene rings is 3. The van der Waals surface area contributed by atoms with Gasteiger partial charge in [-0.2, -0.15) is 0 Å². The SMILES string of the molecule is C[C@@H](c1ccc(F)cc1)[Si](c1ccccc1)c1ccccc1. The highest BCUT2D eigenvalue weighted by Gasteiger charge is 2.25. The second-order valence-corrected chi connectivity index (χ2v) is 8.27. The van der Waals surface area contributed by atoms with Crippen LogP contribution in [0.1, 0.15) is 18.0 Å². The van der Waals surface area contributed by atoms with Crippen molar-refractivity contribution < 1.29 is 4.39 Å². The molecule has 0 aliphatic heterocycles. The Morgan fingerprint density at radius 2 is 1.14 bits per heavy atom. The quantitative estimate of drug-likeness (QED) is 0.644. The van der Waals surface area contributed by atoms with Gasteiger partial charge < -0.3 is 0 Å². The van der Waals surface area contributed by atoms with Crippen molar-refractivity contribution in [2.24, 2.45) is 0 Å². The Balaban J connectivity index is 2.04. The summed E-state index contributed by atoms with van der Waals surface area (Å²) in [5.41, 5.74) is 1.57. The first-order valence-electron chi connectivity index (χ1n) is 7.49. The van der Waals surface area contributed by atoms with Crippen LogP contribution in [0.3, 0.4) is 0 Å². The fourth-order valence-electron chi connectivity index (χ4n) is 2.82. The van der Waals surface area contributed by atoms with Crippen molar-refractivity contribution in [3.63, 3.8) is 0 Å². The van der Waals surface area contributed by atoms with Crippen LogP contribution in [0, 0.1) is 5.82 Å². The van der Waals surface area contributed by atoms with Crippen LogP contribution in [0.4, 0.5) is 4.39 Å². The van der Waals surface area contributed by atoms with E-state index in [9.17, 15) is 4.39 Å². The number of halogens is 1. The van der Waals surface area contributed by atoms with Crippen molar-refractivity contribution in [3.8, 4) is 0 Å². The highest BCUT2D eigenvalue weighted by Crippen LogP contribution is 2.19. The fourth-order valence-corrected chi connectivity index (χ4v) is 5.78. The molecule has 22 heavy (non-hydrogen) atoms. The van der Waals surface area contributed by atoms with Crippen molar-refractivity contribution >= 4 is 19.2 Å². The maximum Gasteiger partial charge on any atom is 0.128 e. The molecule has 0 bridgehead atoms. The lowest BCUT2D eigenvalue weighted by atomic mass is 10.2. The number of hydrogen-bond donors (Lipinski definition) is 0. The smallest absolute Gasteiger partial charge is 0.128 e. The molecule has 0 aliphatic rings. The van der Waals surface area contributed by atoms with Crippen LogP contribution in [-0.4, -0.2) is 8.80 Å². The summed E-state index contributed by atoms with van der Waals surface area (Å²) in [7, 11) is -0.965. The zero-order valence-electron chi connectivity index (χ0n) is 12.5. The summed E-state index contributed by atoms with van der Waals surface area (Å²) >= 11 is 0. The normalized spacial score (nSPS) is 12.3. The van der Waals surface area contributed by atoms with E-state index in [1.165, 1.54) is 15.9 Å². The largest absolute Gasteiger partial charge is 0.207 e. The molecular weight excluding hydrogens is 287 g/mol. The molecular formula is C20H18FSi. The molecule has 2 heteroatoms. The van der Waals surface area contributed by atoms with E-state index in [0.29, 0.717) is 5.54 Å². The first kappa shape index (κ1) is 14.7. The first-order chi connectivity index (χ1) is 10.8. The molecule has 0 unspecified atom stereocenters. The molecule has 3 aromatic carbocycles. The number of hydrogen-bond acceptors (Lipinski definition) is 0. The lowest BCUT2D eigenvalue weighted by Crippen LogP contribution is -2.46. The fraction of sp³-hybridized carbons (Fsp3) is 0.100. The molecule has 3 rings (SSSR count). The molecule has 1 radical (unpaired) electrons. The standard InChI is InChI=1S/C20H18FSi/c1-16(17-12-14-18(21)15-13-17)22(19-8-4-2-5-9-19)20-10-6-3-7-11-20/h2-16H,1H3/t16-/m0/s1. The Bertz CT molecular complexity index is 668. The van der Waals surface area contributed by atoms with E-state index >= 15 is 0 Å². The van der Waals surface area contributed by atoms with Crippen molar-refractivity contribution in [1.29, 1.82) is 0 Å². The van der Waals surface area contributed by atoms with Gasteiger partial charge in [0.2, 0.25) is 0 Å². The van der Waals surface area contributed by atoms with E-state index in [1.54, 1.807) is 12.1 Å². The second kappa shape index (κ2) is 6.71. The van der Waals surface area contributed by atoms with E-state index in [2.05, 4.69) is 67.6 Å². The predicted molar refractivity (Wildman–Crippen MR) is 92.7 cm³/mol. The van der Waals surface area contributed by atoms with Gasteiger partial charge in [-0.05, 0) is 23.2 Å². The zero-order chi connectivity index (χ0) is 15.4. The Morgan fingerprint density at radius 3 is 1.59 bits per heavy atom. The summed E-state index contributed by atoms with van der Waals surface area (Å²) in [6.07, 6.45) is 0. The topological polar surface area (TPSA) is 0 Å². The predicted octanol–water partition coefficient (Wildman–Crippen LogP) is 3.78. The van der Waals surface area contributed by atoms with Gasteiger partial charge in [0, 0.05) is 0 Å². The van der Waals surface area contributed by atoms with Gasteiger partial charge in [0.1, 0.15) is 14.6 Å². The Labute approximate surface area is 132 Å². The molecule has 0 heterocycles. The molecule has 0 saturated heterocycles. The van der Waals surface area contributed by atoms with Crippen LogP contribution in [-0.2, 0) is 0 Å². The summed E-state index contributed by atoms with van der Waals surface area (Å²) in [5.74, 6) is -0.177. The molecule has 0 amide bonds. The van der Waals surface area contributed by atoms with Crippen LogP contribution in [0.2, 0.25) is 0 Å². The molecule has 1 atom stereocenters. The summed E-state index contributed by atoms with van der Waals surface area (Å²) in [5, 5.41) is 2.77. The van der Waals surface area contributed by atoms with Crippen molar-refractivity contribution in [3.05, 3.63) is 96.3 Å². The van der Waals surface area contributed by atoms with Crippen LogP contribution >= 0.6 is 0 Å². The highest BCUT2D eigenvalue weighted by atomic mass is 28.3. The van der Waals surface area contributed by atoms with Crippen LogP contribution in [0.25, 0.3) is 0 Å². The van der Waals surface area contributed by atoms with Gasteiger partial charge in [-0.15, -0.1) is 0 Å². The lowest BCUT2D eigenvalue weighted by Gasteiger charge is -2.23. The Hall–Kier alpha value is -2.19. The van der Waals surface area contributed by atoms with Crippen LogP contribution in [0.5, 0.6) is 0 Å². The van der Waals surface area contributed by atoms with Crippen molar-refractivity contribution in [1.82, 2.24) is 0 Å². The average molecular weight is 305 g/mol. The Morgan fingerprint density at radius 1 is 0.682 bits per heavy atom. The summed E-state index contributed by atoms with van der Waals surface area (Å²) in [4.78, 5) is 0. The van der Waals surface area contributed by atoms with Gasteiger partial charge in [0.15, 0.2) is 0 Å². The Kier molecular flexibility index (Phi) is 4.49. The van der Waals surface area contributed by atoms with Gasteiger partial charge in [-0.1, -0.05) is 90.1 Å². The average Bonchev–Trinajstić information content (AvgIpc) is 2.57. The van der Waals surface area contributed by atoms with Crippen molar-refractivity contribution in [2.75, 3.05) is 0 Å². The summed E-state index contributed by atoms with van der Waals surface area (Å²) in [6.45, 7) is 2.25. The first-order valence-corrected chi connectivity index (χ1v) is 9.06. The highest BCUT2D eigenvalue weighted by molar-refractivity contribution is 6.86. The van der Waals surface area contributed by atoms with Crippen molar-refractivity contribution in [2.45, 2.75) is 12.5 Å². The second-order valence-electron chi connectivity index (χ2n) is 5.42. The minimum atomic E-state index is -0.965. The third-order valence-electron chi connectivity index (χ3n) is 3.97. The molecule has 0 aliphatic carbocycles.